The van der Waals surface area contributed by atoms with Crippen molar-refractivity contribution < 1.29 is 4.79 Å². The molecule has 0 spiro atoms. The van der Waals surface area contributed by atoms with Crippen molar-refractivity contribution in [3.05, 3.63) is 76.2 Å². The summed E-state index contributed by atoms with van der Waals surface area (Å²) in [5, 5.41) is 1.65. The Bertz CT molecular complexity index is 1390. The van der Waals surface area contributed by atoms with E-state index < -0.39 is 0 Å². The number of nitrogens with zero attached hydrogens (tertiary/aromatic N) is 5. The minimum absolute atomic E-state index is 0.00561. The quantitative estimate of drug-likeness (QED) is 0.470. The summed E-state index contributed by atoms with van der Waals surface area (Å²) in [4.78, 5) is 41.4. The zero-order valence-electron chi connectivity index (χ0n) is 18.3. The fourth-order valence-corrected chi connectivity index (χ4v) is 4.15. The third-order valence-corrected chi connectivity index (χ3v) is 6.00. The van der Waals surface area contributed by atoms with Crippen molar-refractivity contribution in [2.75, 3.05) is 7.05 Å². The zero-order valence-corrected chi connectivity index (χ0v) is 18.3. The Morgan fingerprint density at radius 3 is 2.38 bits per heavy atom. The van der Waals surface area contributed by atoms with Crippen molar-refractivity contribution in [1.29, 1.82) is 0 Å². The second-order valence-corrected chi connectivity index (χ2v) is 8.44. The van der Waals surface area contributed by atoms with Crippen molar-refractivity contribution in [3.8, 4) is 0 Å². The monoisotopic (exact) mass is 427 g/mol. The van der Waals surface area contributed by atoms with Gasteiger partial charge in [-0.2, -0.15) is 0 Å². The smallest absolute Gasteiger partial charge is 0.261 e. The van der Waals surface area contributed by atoms with Crippen LogP contribution in [0.1, 0.15) is 42.6 Å². The summed E-state index contributed by atoms with van der Waals surface area (Å²) in [6, 6.07) is 15.5. The molecule has 0 radical (unpaired) electrons. The molecule has 1 saturated carbocycles. The van der Waals surface area contributed by atoms with Gasteiger partial charge in [-0.3, -0.25) is 14.2 Å². The summed E-state index contributed by atoms with van der Waals surface area (Å²) in [6.45, 7) is 2.29. The lowest BCUT2D eigenvalue weighted by molar-refractivity contribution is -0.130. The van der Waals surface area contributed by atoms with Crippen molar-refractivity contribution in [3.63, 3.8) is 0 Å². The lowest BCUT2D eigenvalue weighted by Gasteiger charge is -2.18. The molecule has 1 amide bonds. The molecule has 0 unspecified atom stereocenters. The van der Waals surface area contributed by atoms with Gasteiger partial charge in [0.15, 0.2) is 0 Å². The van der Waals surface area contributed by atoms with Gasteiger partial charge in [0.1, 0.15) is 11.6 Å². The summed E-state index contributed by atoms with van der Waals surface area (Å²) < 4.78 is 1.80. The van der Waals surface area contributed by atoms with Gasteiger partial charge in [0.25, 0.3) is 5.56 Å². The molecule has 0 N–H and O–H groups in total. The second-order valence-electron chi connectivity index (χ2n) is 8.44. The number of rotatable bonds is 6. The molecule has 1 aliphatic rings. The van der Waals surface area contributed by atoms with Crippen molar-refractivity contribution in [2.45, 2.75) is 45.2 Å². The van der Waals surface area contributed by atoms with E-state index in [1.807, 2.05) is 55.5 Å². The van der Waals surface area contributed by atoms with Gasteiger partial charge in [-0.15, -0.1) is 0 Å². The van der Waals surface area contributed by atoms with Gasteiger partial charge in [-0.25, -0.2) is 15.0 Å². The number of hydrogen-bond donors (Lipinski definition) is 0. The highest BCUT2D eigenvalue weighted by Crippen LogP contribution is 2.35. The van der Waals surface area contributed by atoms with Crippen LogP contribution >= 0.6 is 0 Å². The van der Waals surface area contributed by atoms with E-state index in [1.165, 1.54) is 0 Å². The SMILES string of the molecule is Cc1nc(CN(C)C(=O)CCc2nc3ccccc3c(=O)n2C2CC2)nc2ccccc12. The lowest BCUT2D eigenvalue weighted by Crippen LogP contribution is -2.29. The highest BCUT2D eigenvalue weighted by Gasteiger charge is 2.28. The summed E-state index contributed by atoms with van der Waals surface area (Å²) >= 11 is 0. The molecule has 5 rings (SSSR count). The molecule has 2 heterocycles. The first kappa shape index (κ1) is 20.3. The standard InChI is InChI=1S/C25H25N5O2/c1-16-18-7-3-5-9-20(18)27-22(26-16)15-29(2)24(31)14-13-23-28-21-10-6-4-8-19(21)25(32)30(23)17-11-12-17/h3-10,17H,11-15H2,1-2H3. The fraction of sp³-hybridized carbons (Fsp3) is 0.320. The Kier molecular flexibility index (Phi) is 5.17. The topological polar surface area (TPSA) is 81.0 Å². The molecule has 0 bridgehead atoms. The van der Waals surface area contributed by atoms with Crippen LogP contribution in [0.25, 0.3) is 21.8 Å². The van der Waals surface area contributed by atoms with Crippen LogP contribution in [0.5, 0.6) is 0 Å². The van der Waals surface area contributed by atoms with E-state index >= 15 is 0 Å². The predicted octanol–water partition coefficient (Wildman–Crippen LogP) is 3.57. The van der Waals surface area contributed by atoms with Crippen molar-refractivity contribution in [1.82, 2.24) is 24.4 Å². The predicted molar refractivity (Wildman–Crippen MR) is 123 cm³/mol. The first-order valence-corrected chi connectivity index (χ1v) is 11.0. The van der Waals surface area contributed by atoms with E-state index in [0.29, 0.717) is 35.5 Å². The van der Waals surface area contributed by atoms with Gasteiger partial charge in [0, 0.05) is 37.0 Å². The molecule has 1 fully saturated rings. The van der Waals surface area contributed by atoms with E-state index in [2.05, 4.69) is 9.97 Å². The maximum Gasteiger partial charge on any atom is 0.261 e. The van der Waals surface area contributed by atoms with E-state index in [4.69, 9.17) is 4.98 Å². The Morgan fingerprint density at radius 2 is 1.66 bits per heavy atom. The number of amides is 1. The minimum atomic E-state index is -0.0239. The third-order valence-electron chi connectivity index (χ3n) is 6.00. The van der Waals surface area contributed by atoms with Gasteiger partial charge in [0.05, 0.1) is 23.0 Å². The number of fused-ring (bicyclic) bond motifs is 2. The van der Waals surface area contributed by atoms with Crippen LogP contribution in [0.3, 0.4) is 0 Å². The first-order valence-electron chi connectivity index (χ1n) is 11.0. The average molecular weight is 428 g/mol. The Hall–Kier alpha value is -3.61. The Morgan fingerprint density at radius 1 is 1.00 bits per heavy atom. The van der Waals surface area contributed by atoms with Gasteiger partial charge in [-0.1, -0.05) is 30.3 Å². The van der Waals surface area contributed by atoms with Crippen LogP contribution in [0.2, 0.25) is 0 Å². The number of aryl methyl sites for hydroxylation is 2. The van der Waals surface area contributed by atoms with Gasteiger partial charge in [-0.05, 0) is 38.0 Å². The maximum absolute atomic E-state index is 13.0. The molecular formula is C25H25N5O2. The molecule has 1 aliphatic carbocycles. The number of para-hydroxylation sites is 2. The van der Waals surface area contributed by atoms with Crippen molar-refractivity contribution in [2.24, 2.45) is 0 Å². The minimum Gasteiger partial charge on any atom is -0.338 e. The molecule has 0 aliphatic heterocycles. The summed E-state index contributed by atoms with van der Waals surface area (Å²) in [5.41, 5.74) is 2.46. The van der Waals surface area contributed by atoms with Crippen LogP contribution in [0.15, 0.2) is 53.3 Å². The van der Waals surface area contributed by atoms with E-state index in [1.54, 1.807) is 16.5 Å². The average Bonchev–Trinajstić information content (AvgIpc) is 3.62. The molecule has 7 nitrogen and oxygen atoms in total. The molecule has 32 heavy (non-hydrogen) atoms. The van der Waals surface area contributed by atoms with E-state index in [-0.39, 0.29) is 23.9 Å². The molecule has 0 atom stereocenters. The summed E-state index contributed by atoms with van der Waals surface area (Å²) in [5.74, 6) is 1.29. The number of carbonyl (C=O) groups excluding carboxylic acids is 1. The largest absolute Gasteiger partial charge is 0.338 e. The molecule has 4 aromatic rings. The number of aromatic nitrogens is 4. The third kappa shape index (κ3) is 3.86. The van der Waals surface area contributed by atoms with Crippen molar-refractivity contribution >= 4 is 27.7 Å². The number of benzene rings is 2. The van der Waals surface area contributed by atoms with Gasteiger partial charge >= 0.3 is 0 Å². The fourth-order valence-electron chi connectivity index (χ4n) is 4.15. The maximum atomic E-state index is 13.0. The van der Waals surface area contributed by atoms with E-state index in [9.17, 15) is 9.59 Å². The van der Waals surface area contributed by atoms with Crippen LogP contribution in [0, 0.1) is 6.92 Å². The summed E-state index contributed by atoms with van der Waals surface area (Å²) in [6.07, 6.45) is 2.68. The molecule has 2 aromatic heterocycles. The molecular weight excluding hydrogens is 402 g/mol. The lowest BCUT2D eigenvalue weighted by atomic mass is 10.2. The molecule has 7 heteroatoms. The van der Waals surface area contributed by atoms with Crippen LogP contribution in [-0.2, 0) is 17.8 Å². The molecule has 0 saturated heterocycles. The normalized spacial score (nSPS) is 13.6. The second kappa shape index (κ2) is 8.15. The van der Waals surface area contributed by atoms with Crippen LogP contribution in [-0.4, -0.2) is 37.4 Å². The van der Waals surface area contributed by atoms with Gasteiger partial charge in [0.2, 0.25) is 5.91 Å². The number of hydrogen-bond acceptors (Lipinski definition) is 5. The zero-order chi connectivity index (χ0) is 22.2. The first-order chi connectivity index (χ1) is 15.5. The Balaban J connectivity index is 1.33. The molecule has 162 valence electrons. The van der Waals surface area contributed by atoms with Crippen LogP contribution < -0.4 is 5.56 Å². The summed E-state index contributed by atoms with van der Waals surface area (Å²) in [7, 11) is 1.76. The molecule has 2 aromatic carbocycles. The highest BCUT2D eigenvalue weighted by molar-refractivity contribution is 5.81. The number of carbonyl (C=O) groups is 1. The highest BCUT2D eigenvalue weighted by atomic mass is 16.2. The van der Waals surface area contributed by atoms with Crippen LogP contribution in [0.4, 0.5) is 0 Å². The van der Waals surface area contributed by atoms with Gasteiger partial charge < -0.3 is 4.90 Å². The van der Waals surface area contributed by atoms with E-state index in [0.717, 1.165) is 29.4 Å². The Labute approximate surface area is 185 Å².